The van der Waals surface area contributed by atoms with Crippen molar-refractivity contribution in [2.75, 3.05) is 0 Å². The van der Waals surface area contributed by atoms with Crippen LogP contribution in [0.2, 0.25) is 0 Å². The summed E-state index contributed by atoms with van der Waals surface area (Å²) in [6, 6.07) is 6.58. The van der Waals surface area contributed by atoms with E-state index >= 15 is 0 Å². The van der Waals surface area contributed by atoms with E-state index in [0.717, 1.165) is 36.4 Å². The topological polar surface area (TPSA) is 89.3 Å². The number of rotatable bonds is 5. The Morgan fingerprint density at radius 3 is 2.22 bits per heavy atom. The monoisotopic (exact) mass is 342 g/mol. The van der Waals surface area contributed by atoms with Crippen LogP contribution >= 0.6 is 0 Å². The number of benzene rings is 2. The molecule has 0 aliphatic heterocycles. The number of sulfonamides is 1. The van der Waals surface area contributed by atoms with E-state index in [2.05, 4.69) is 4.72 Å². The van der Waals surface area contributed by atoms with E-state index in [4.69, 9.17) is 0 Å². The average Bonchev–Trinajstić information content (AvgIpc) is 2.49. The fourth-order valence-corrected chi connectivity index (χ4v) is 3.13. The zero-order chi connectivity index (χ0) is 17.2. The lowest BCUT2D eigenvalue weighted by molar-refractivity contribution is -0.384. The zero-order valence-corrected chi connectivity index (χ0v) is 12.7. The summed E-state index contributed by atoms with van der Waals surface area (Å²) in [5.74, 6) is -2.11. The second kappa shape index (κ2) is 6.39. The SMILES string of the molecule is C[C@H](NS(=O)(=O)c1ccc([N+](=O)[O-])cc1)c1ccc(F)c(F)c1. The maximum Gasteiger partial charge on any atom is 0.269 e. The Balaban J connectivity index is 2.22. The van der Waals surface area contributed by atoms with Gasteiger partial charge in [0.25, 0.3) is 5.69 Å². The molecule has 0 amide bonds. The molecule has 0 aliphatic rings. The van der Waals surface area contributed by atoms with Crippen molar-refractivity contribution in [2.24, 2.45) is 0 Å². The van der Waals surface area contributed by atoms with Crippen LogP contribution < -0.4 is 4.72 Å². The summed E-state index contributed by atoms with van der Waals surface area (Å²) in [6.07, 6.45) is 0. The molecule has 2 aromatic carbocycles. The van der Waals surface area contributed by atoms with Crippen LogP contribution in [-0.4, -0.2) is 13.3 Å². The smallest absolute Gasteiger partial charge is 0.258 e. The van der Waals surface area contributed by atoms with Gasteiger partial charge in [-0.15, -0.1) is 0 Å². The van der Waals surface area contributed by atoms with Crippen LogP contribution in [0.1, 0.15) is 18.5 Å². The molecule has 0 unspecified atom stereocenters. The van der Waals surface area contributed by atoms with Gasteiger partial charge < -0.3 is 0 Å². The van der Waals surface area contributed by atoms with Gasteiger partial charge in [0.2, 0.25) is 10.0 Å². The maximum absolute atomic E-state index is 13.2. The van der Waals surface area contributed by atoms with Crippen molar-refractivity contribution in [3.63, 3.8) is 0 Å². The van der Waals surface area contributed by atoms with Crippen molar-refractivity contribution in [3.05, 3.63) is 69.8 Å². The molecule has 23 heavy (non-hydrogen) atoms. The Hall–Kier alpha value is -2.39. The highest BCUT2D eigenvalue weighted by atomic mass is 32.2. The van der Waals surface area contributed by atoms with Crippen LogP contribution in [0.4, 0.5) is 14.5 Å². The van der Waals surface area contributed by atoms with E-state index in [-0.39, 0.29) is 16.1 Å². The van der Waals surface area contributed by atoms with E-state index in [0.29, 0.717) is 0 Å². The van der Waals surface area contributed by atoms with Crippen LogP contribution in [0.25, 0.3) is 0 Å². The predicted molar refractivity (Wildman–Crippen MR) is 78.2 cm³/mol. The highest BCUT2D eigenvalue weighted by Gasteiger charge is 2.20. The normalized spacial score (nSPS) is 12.8. The fourth-order valence-electron chi connectivity index (χ4n) is 1.90. The molecular weight excluding hydrogens is 330 g/mol. The van der Waals surface area contributed by atoms with E-state index in [1.54, 1.807) is 0 Å². The second-order valence-electron chi connectivity index (χ2n) is 4.77. The molecule has 2 rings (SSSR count). The first-order chi connectivity index (χ1) is 10.7. The number of halogens is 2. The van der Waals surface area contributed by atoms with Gasteiger partial charge >= 0.3 is 0 Å². The molecule has 0 saturated heterocycles. The summed E-state index contributed by atoms with van der Waals surface area (Å²) in [4.78, 5) is 9.74. The van der Waals surface area contributed by atoms with Gasteiger partial charge in [-0.2, -0.15) is 0 Å². The summed E-state index contributed by atoms with van der Waals surface area (Å²) in [5.41, 5.74) is 0.00647. The number of nitrogens with one attached hydrogen (secondary N) is 1. The Morgan fingerprint density at radius 1 is 1.09 bits per heavy atom. The van der Waals surface area contributed by atoms with E-state index < -0.39 is 32.6 Å². The Bertz CT molecular complexity index is 838. The summed E-state index contributed by atoms with van der Waals surface area (Å²) in [6.45, 7) is 1.47. The van der Waals surface area contributed by atoms with Crippen molar-refractivity contribution < 1.29 is 22.1 Å². The van der Waals surface area contributed by atoms with Crippen LogP contribution in [-0.2, 0) is 10.0 Å². The summed E-state index contributed by atoms with van der Waals surface area (Å²) in [7, 11) is -3.96. The maximum atomic E-state index is 13.2. The largest absolute Gasteiger partial charge is 0.269 e. The molecule has 9 heteroatoms. The molecule has 0 spiro atoms. The van der Waals surface area contributed by atoms with E-state index in [9.17, 15) is 27.3 Å². The Morgan fingerprint density at radius 2 is 1.70 bits per heavy atom. The van der Waals surface area contributed by atoms with Crippen molar-refractivity contribution in [2.45, 2.75) is 17.9 Å². The average molecular weight is 342 g/mol. The molecule has 1 N–H and O–H groups in total. The molecule has 0 heterocycles. The second-order valence-corrected chi connectivity index (χ2v) is 6.48. The van der Waals surface area contributed by atoms with Crippen molar-refractivity contribution in [1.82, 2.24) is 4.72 Å². The lowest BCUT2D eigenvalue weighted by Gasteiger charge is -2.15. The van der Waals surface area contributed by atoms with Crippen molar-refractivity contribution >= 4 is 15.7 Å². The molecule has 0 saturated carbocycles. The van der Waals surface area contributed by atoms with Gasteiger partial charge in [-0.1, -0.05) is 6.07 Å². The lowest BCUT2D eigenvalue weighted by atomic mass is 10.1. The number of hydrogen-bond acceptors (Lipinski definition) is 4. The molecule has 0 radical (unpaired) electrons. The van der Waals surface area contributed by atoms with Gasteiger partial charge in [-0.3, -0.25) is 10.1 Å². The molecular formula is C14H12F2N2O4S. The highest BCUT2D eigenvalue weighted by molar-refractivity contribution is 7.89. The molecule has 6 nitrogen and oxygen atoms in total. The standard InChI is InChI=1S/C14H12F2N2O4S/c1-9(10-2-7-13(15)14(16)8-10)17-23(21,22)12-5-3-11(4-6-12)18(19)20/h2-9,17H,1H3/t9-/m0/s1. The fraction of sp³-hybridized carbons (Fsp3) is 0.143. The Labute approximate surface area is 131 Å². The number of nitrogens with zero attached hydrogens (tertiary/aromatic N) is 1. The third-order valence-corrected chi connectivity index (χ3v) is 4.69. The molecule has 2 aromatic rings. The summed E-state index contributed by atoms with van der Waals surface area (Å²) in [5, 5.41) is 10.6. The third-order valence-electron chi connectivity index (χ3n) is 3.13. The molecule has 0 aromatic heterocycles. The van der Waals surface area contributed by atoms with Gasteiger partial charge in [-0.25, -0.2) is 21.9 Å². The summed E-state index contributed by atoms with van der Waals surface area (Å²) >= 11 is 0. The first kappa shape index (κ1) is 17.0. The van der Waals surface area contributed by atoms with Crippen molar-refractivity contribution in [1.29, 1.82) is 0 Å². The zero-order valence-electron chi connectivity index (χ0n) is 11.9. The van der Waals surface area contributed by atoms with E-state index in [1.807, 2.05) is 0 Å². The van der Waals surface area contributed by atoms with Crippen LogP contribution in [0.3, 0.4) is 0 Å². The minimum absolute atomic E-state index is 0.169. The minimum atomic E-state index is -3.96. The Kier molecular flexibility index (Phi) is 4.71. The molecule has 0 aliphatic carbocycles. The van der Waals surface area contributed by atoms with Gasteiger partial charge in [0.05, 0.1) is 9.82 Å². The highest BCUT2D eigenvalue weighted by Crippen LogP contribution is 2.20. The van der Waals surface area contributed by atoms with Crippen LogP contribution in [0.15, 0.2) is 47.4 Å². The quantitative estimate of drug-likeness (QED) is 0.668. The predicted octanol–water partition coefficient (Wildman–Crippen LogP) is 2.91. The van der Waals surface area contributed by atoms with Crippen LogP contribution in [0, 0.1) is 21.7 Å². The lowest BCUT2D eigenvalue weighted by Crippen LogP contribution is -2.27. The molecule has 1 atom stereocenters. The van der Waals surface area contributed by atoms with Gasteiger partial charge in [-0.05, 0) is 36.8 Å². The van der Waals surface area contributed by atoms with Crippen molar-refractivity contribution in [3.8, 4) is 0 Å². The first-order valence-electron chi connectivity index (χ1n) is 6.42. The van der Waals surface area contributed by atoms with Gasteiger partial charge in [0.15, 0.2) is 11.6 Å². The van der Waals surface area contributed by atoms with Crippen LogP contribution in [0.5, 0.6) is 0 Å². The number of nitro benzene ring substituents is 1. The number of non-ortho nitro benzene ring substituents is 1. The van der Waals surface area contributed by atoms with Gasteiger partial charge in [0, 0.05) is 18.2 Å². The van der Waals surface area contributed by atoms with E-state index in [1.165, 1.54) is 13.0 Å². The minimum Gasteiger partial charge on any atom is -0.258 e. The summed E-state index contributed by atoms with van der Waals surface area (Å²) < 4.78 is 52.8. The number of hydrogen-bond donors (Lipinski definition) is 1. The molecule has 0 bridgehead atoms. The van der Waals surface area contributed by atoms with Gasteiger partial charge in [0.1, 0.15) is 0 Å². The number of nitro groups is 1. The molecule has 0 fully saturated rings. The molecule has 122 valence electrons. The first-order valence-corrected chi connectivity index (χ1v) is 7.91. The third kappa shape index (κ3) is 3.88.